The molecule has 1 aromatic heterocycles. The van der Waals surface area contributed by atoms with E-state index < -0.39 is 0 Å². The molecule has 2 aromatic rings. The summed E-state index contributed by atoms with van der Waals surface area (Å²) in [4.78, 5) is 7.59. The van der Waals surface area contributed by atoms with Gasteiger partial charge in [-0.05, 0) is 49.2 Å². The van der Waals surface area contributed by atoms with E-state index in [4.69, 9.17) is 5.73 Å². The molecule has 0 amide bonds. The average molecular weight is 247 g/mol. The predicted octanol–water partition coefficient (Wildman–Crippen LogP) is 2.89. The van der Waals surface area contributed by atoms with Gasteiger partial charge in [0, 0.05) is 6.42 Å². The summed E-state index contributed by atoms with van der Waals surface area (Å²) in [6.45, 7) is 0.749. The molecule has 1 aromatic carbocycles. The topological polar surface area (TPSA) is 54.7 Å². The third-order valence-corrected chi connectivity index (χ3v) is 2.90. The number of hydrogen-bond donors (Lipinski definition) is 2. The number of aryl methyl sites for hydroxylation is 1. The van der Waals surface area contributed by atoms with Gasteiger partial charge in [0.25, 0.3) is 0 Å². The lowest BCUT2D eigenvalue weighted by Crippen LogP contribution is -1.98. The SMILES string of the molecule is NCCCCCc1ncc(-c2ccc(F)cc2)[nH]1. The number of aromatic amines is 1. The molecule has 0 aliphatic heterocycles. The van der Waals surface area contributed by atoms with E-state index in [0.29, 0.717) is 0 Å². The highest BCUT2D eigenvalue weighted by molar-refractivity contribution is 5.58. The van der Waals surface area contributed by atoms with Crippen LogP contribution in [0.25, 0.3) is 11.3 Å². The Balaban J connectivity index is 1.95. The van der Waals surface area contributed by atoms with Gasteiger partial charge in [-0.1, -0.05) is 6.42 Å². The van der Waals surface area contributed by atoms with E-state index >= 15 is 0 Å². The molecule has 3 nitrogen and oxygen atoms in total. The van der Waals surface area contributed by atoms with Crippen LogP contribution in [-0.2, 0) is 6.42 Å². The molecule has 1 heterocycles. The predicted molar refractivity (Wildman–Crippen MR) is 70.6 cm³/mol. The first-order chi connectivity index (χ1) is 8.79. The van der Waals surface area contributed by atoms with Gasteiger partial charge in [-0.2, -0.15) is 0 Å². The summed E-state index contributed by atoms with van der Waals surface area (Å²) in [6.07, 6.45) is 6.01. The largest absolute Gasteiger partial charge is 0.342 e. The van der Waals surface area contributed by atoms with E-state index in [2.05, 4.69) is 9.97 Å². The van der Waals surface area contributed by atoms with Crippen LogP contribution in [-0.4, -0.2) is 16.5 Å². The second kappa shape index (κ2) is 6.31. The zero-order valence-corrected chi connectivity index (χ0v) is 10.3. The third kappa shape index (κ3) is 3.40. The van der Waals surface area contributed by atoms with Crippen molar-refractivity contribution in [3.63, 3.8) is 0 Å². The zero-order valence-electron chi connectivity index (χ0n) is 10.3. The molecule has 4 heteroatoms. The highest BCUT2D eigenvalue weighted by atomic mass is 19.1. The molecule has 0 atom stereocenters. The van der Waals surface area contributed by atoms with Gasteiger partial charge in [-0.25, -0.2) is 9.37 Å². The Morgan fingerprint density at radius 1 is 1.11 bits per heavy atom. The van der Waals surface area contributed by atoms with Crippen LogP contribution in [0.4, 0.5) is 4.39 Å². The third-order valence-electron chi connectivity index (χ3n) is 2.90. The van der Waals surface area contributed by atoms with Crippen molar-refractivity contribution in [3.8, 4) is 11.3 Å². The minimum Gasteiger partial charge on any atom is -0.342 e. The van der Waals surface area contributed by atoms with Crippen molar-refractivity contribution < 1.29 is 4.39 Å². The van der Waals surface area contributed by atoms with Crippen LogP contribution in [0.1, 0.15) is 25.1 Å². The Morgan fingerprint density at radius 2 is 1.89 bits per heavy atom. The van der Waals surface area contributed by atoms with E-state index in [1.165, 1.54) is 12.1 Å². The lowest BCUT2D eigenvalue weighted by atomic mass is 10.2. The molecule has 96 valence electrons. The Bertz CT molecular complexity index is 476. The smallest absolute Gasteiger partial charge is 0.123 e. The van der Waals surface area contributed by atoms with E-state index in [1.807, 2.05) is 0 Å². The lowest BCUT2D eigenvalue weighted by Gasteiger charge is -1.98. The molecule has 0 aliphatic rings. The van der Waals surface area contributed by atoms with Crippen molar-refractivity contribution in [2.45, 2.75) is 25.7 Å². The summed E-state index contributed by atoms with van der Waals surface area (Å²) in [6, 6.07) is 6.41. The number of aromatic nitrogens is 2. The molecule has 0 unspecified atom stereocenters. The Labute approximate surface area is 106 Å². The van der Waals surface area contributed by atoms with Crippen molar-refractivity contribution in [2.75, 3.05) is 6.54 Å². The maximum atomic E-state index is 12.8. The number of nitrogens with zero attached hydrogens (tertiary/aromatic N) is 1. The van der Waals surface area contributed by atoms with Gasteiger partial charge in [-0.3, -0.25) is 0 Å². The van der Waals surface area contributed by atoms with Gasteiger partial charge >= 0.3 is 0 Å². The number of rotatable bonds is 6. The first-order valence-corrected chi connectivity index (χ1v) is 6.29. The van der Waals surface area contributed by atoms with Crippen LogP contribution in [0.2, 0.25) is 0 Å². The maximum Gasteiger partial charge on any atom is 0.123 e. The summed E-state index contributed by atoms with van der Waals surface area (Å²) < 4.78 is 12.8. The molecule has 0 saturated carbocycles. The number of benzene rings is 1. The molecule has 0 saturated heterocycles. The summed E-state index contributed by atoms with van der Waals surface area (Å²) in [5, 5.41) is 0. The summed E-state index contributed by atoms with van der Waals surface area (Å²) in [5.41, 5.74) is 7.34. The quantitative estimate of drug-likeness (QED) is 0.771. The van der Waals surface area contributed by atoms with Gasteiger partial charge < -0.3 is 10.7 Å². The Hall–Kier alpha value is -1.68. The van der Waals surface area contributed by atoms with Crippen LogP contribution < -0.4 is 5.73 Å². The lowest BCUT2D eigenvalue weighted by molar-refractivity contribution is 0.628. The van der Waals surface area contributed by atoms with Gasteiger partial charge in [0.1, 0.15) is 11.6 Å². The molecule has 18 heavy (non-hydrogen) atoms. The highest BCUT2D eigenvalue weighted by Crippen LogP contribution is 2.17. The molecule has 2 rings (SSSR count). The van der Waals surface area contributed by atoms with E-state index in [1.54, 1.807) is 18.3 Å². The van der Waals surface area contributed by atoms with Gasteiger partial charge in [0.2, 0.25) is 0 Å². The molecule has 3 N–H and O–H groups in total. The fraction of sp³-hybridized carbons (Fsp3) is 0.357. The van der Waals surface area contributed by atoms with Crippen LogP contribution in [0, 0.1) is 5.82 Å². The van der Waals surface area contributed by atoms with Crippen molar-refractivity contribution in [3.05, 3.63) is 42.1 Å². The van der Waals surface area contributed by atoms with Crippen molar-refractivity contribution >= 4 is 0 Å². The monoisotopic (exact) mass is 247 g/mol. The Morgan fingerprint density at radius 3 is 2.61 bits per heavy atom. The van der Waals surface area contributed by atoms with Crippen LogP contribution in [0.5, 0.6) is 0 Å². The van der Waals surface area contributed by atoms with Crippen LogP contribution in [0.3, 0.4) is 0 Å². The maximum absolute atomic E-state index is 12.8. The second-order valence-corrected chi connectivity index (χ2v) is 4.35. The van der Waals surface area contributed by atoms with E-state index in [0.717, 1.165) is 49.3 Å². The van der Waals surface area contributed by atoms with Crippen molar-refractivity contribution in [2.24, 2.45) is 5.73 Å². The van der Waals surface area contributed by atoms with E-state index in [9.17, 15) is 4.39 Å². The standard InChI is InChI=1S/C14H18FN3/c15-12-7-5-11(6-8-12)13-10-17-14(18-13)4-2-1-3-9-16/h5-8,10H,1-4,9,16H2,(H,17,18). The Kier molecular flexibility index (Phi) is 4.47. The molecule has 0 fully saturated rings. The van der Waals surface area contributed by atoms with Gasteiger partial charge in [0.05, 0.1) is 11.9 Å². The number of imidazole rings is 1. The minimum atomic E-state index is -0.222. The number of hydrogen-bond acceptors (Lipinski definition) is 2. The fourth-order valence-corrected chi connectivity index (χ4v) is 1.88. The second-order valence-electron chi connectivity index (χ2n) is 4.35. The number of unbranched alkanes of at least 4 members (excludes halogenated alkanes) is 2. The number of nitrogens with one attached hydrogen (secondary N) is 1. The van der Waals surface area contributed by atoms with Crippen LogP contribution in [0.15, 0.2) is 30.5 Å². The number of nitrogens with two attached hydrogens (primary N) is 1. The fourth-order valence-electron chi connectivity index (χ4n) is 1.88. The average Bonchev–Trinajstić information content (AvgIpc) is 2.84. The number of halogens is 1. The molecular formula is C14H18FN3. The zero-order chi connectivity index (χ0) is 12.8. The first kappa shape index (κ1) is 12.8. The number of H-pyrrole nitrogens is 1. The molecular weight excluding hydrogens is 229 g/mol. The first-order valence-electron chi connectivity index (χ1n) is 6.29. The normalized spacial score (nSPS) is 10.8. The van der Waals surface area contributed by atoms with Crippen molar-refractivity contribution in [1.29, 1.82) is 0 Å². The highest BCUT2D eigenvalue weighted by Gasteiger charge is 2.03. The molecule has 0 radical (unpaired) electrons. The van der Waals surface area contributed by atoms with Gasteiger partial charge in [0.15, 0.2) is 0 Å². The molecule has 0 spiro atoms. The minimum absolute atomic E-state index is 0.222. The summed E-state index contributed by atoms with van der Waals surface area (Å²) in [7, 11) is 0. The van der Waals surface area contributed by atoms with Crippen LogP contribution >= 0.6 is 0 Å². The van der Waals surface area contributed by atoms with Crippen molar-refractivity contribution in [1.82, 2.24) is 9.97 Å². The summed E-state index contributed by atoms with van der Waals surface area (Å²) >= 11 is 0. The summed E-state index contributed by atoms with van der Waals surface area (Å²) in [5.74, 6) is 0.756. The van der Waals surface area contributed by atoms with E-state index in [-0.39, 0.29) is 5.82 Å². The molecule has 0 aliphatic carbocycles. The molecule has 0 bridgehead atoms. The van der Waals surface area contributed by atoms with Gasteiger partial charge in [-0.15, -0.1) is 0 Å².